The third kappa shape index (κ3) is 3.11. The lowest BCUT2D eigenvalue weighted by molar-refractivity contribution is 0.177. The average molecular weight is 285 g/mol. The van der Waals surface area contributed by atoms with Crippen molar-refractivity contribution in [3.8, 4) is 0 Å². The Hall–Kier alpha value is -1.02. The van der Waals surface area contributed by atoms with Crippen LogP contribution in [0.25, 0.3) is 0 Å². The maximum Gasteiger partial charge on any atom is 0.245 e. The summed E-state index contributed by atoms with van der Waals surface area (Å²) in [6.45, 7) is 0.856. The van der Waals surface area contributed by atoms with E-state index >= 15 is 0 Å². The molecule has 0 aromatic carbocycles. The first-order valence-electron chi connectivity index (χ1n) is 6.26. The molecule has 2 N–H and O–H groups in total. The van der Waals surface area contributed by atoms with E-state index in [1.165, 1.54) is 4.31 Å². The number of pyridine rings is 1. The molecule has 1 aromatic heterocycles. The number of ether oxygens (including phenoxy) is 1. The molecule has 6 nitrogen and oxygen atoms in total. The first kappa shape index (κ1) is 14.4. The van der Waals surface area contributed by atoms with Crippen LogP contribution >= 0.6 is 0 Å². The molecular formula is C12H19N3O3S. The number of hydrogen-bond donors (Lipinski definition) is 1. The molecule has 0 bridgehead atoms. The topological polar surface area (TPSA) is 85.5 Å². The maximum atomic E-state index is 12.7. The van der Waals surface area contributed by atoms with E-state index in [2.05, 4.69) is 4.98 Å². The van der Waals surface area contributed by atoms with E-state index in [9.17, 15) is 8.42 Å². The largest absolute Gasteiger partial charge is 0.383 e. The SMILES string of the molecule is COCCN(C1CC1)S(=O)(=O)c1cccnc1CN. The smallest absolute Gasteiger partial charge is 0.245 e. The predicted molar refractivity (Wildman–Crippen MR) is 70.9 cm³/mol. The Kier molecular flexibility index (Phi) is 4.51. The molecule has 19 heavy (non-hydrogen) atoms. The minimum absolute atomic E-state index is 0.0889. The Labute approximate surface area is 113 Å². The zero-order valence-corrected chi connectivity index (χ0v) is 11.8. The molecule has 106 valence electrons. The summed E-state index contributed by atoms with van der Waals surface area (Å²) in [5.74, 6) is 0. The summed E-state index contributed by atoms with van der Waals surface area (Å²) in [4.78, 5) is 4.25. The molecule has 1 aliphatic rings. The van der Waals surface area contributed by atoms with E-state index in [0.717, 1.165) is 12.8 Å². The molecule has 0 radical (unpaired) electrons. The Morgan fingerprint density at radius 2 is 2.26 bits per heavy atom. The second-order valence-corrected chi connectivity index (χ2v) is 6.35. The van der Waals surface area contributed by atoms with Crippen LogP contribution in [0.5, 0.6) is 0 Å². The second-order valence-electron chi connectivity index (χ2n) is 4.49. The molecule has 1 aliphatic carbocycles. The molecule has 0 spiro atoms. The molecule has 1 saturated carbocycles. The zero-order valence-electron chi connectivity index (χ0n) is 10.9. The van der Waals surface area contributed by atoms with Gasteiger partial charge in [-0.1, -0.05) is 0 Å². The van der Waals surface area contributed by atoms with Crippen LogP contribution < -0.4 is 5.73 Å². The number of aromatic nitrogens is 1. The molecule has 0 aliphatic heterocycles. The van der Waals surface area contributed by atoms with Gasteiger partial charge in [-0.15, -0.1) is 0 Å². The molecule has 1 fully saturated rings. The molecule has 2 rings (SSSR count). The van der Waals surface area contributed by atoms with Gasteiger partial charge in [-0.05, 0) is 25.0 Å². The fourth-order valence-electron chi connectivity index (χ4n) is 1.98. The van der Waals surface area contributed by atoms with Crippen LogP contribution in [-0.4, -0.2) is 44.0 Å². The van der Waals surface area contributed by atoms with Crippen molar-refractivity contribution in [1.82, 2.24) is 9.29 Å². The van der Waals surface area contributed by atoms with Crippen LogP contribution in [0.4, 0.5) is 0 Å². The highest BCUT2D eigenvalue weighted by molar-refractivity contribution is 7.89. The van der Waals surface area contributed by atoms with Gasteiger partial charge in [0.2, 0.25) is 10.0 Å². The van der Waals surface area contributed by atoms with Gasteiger partial charge in [0, 0.05) is 32.4 Å². The number of nitrogens with zero attached hydrogens (tertiary/aromatic N) is 2. The Morgan fingerprint density at radius 1 is 1.53 bits per heavy atom. The summed E-state index contributed by atoms with van der Waals surface area (Å²) in [5.41, 5.74) is 5.98. The highest BCUT2D eigenvalue weighted by Crippen LogP contribution is 2.32. The summed E-state index contributed by atoms with van der Waals surface area (Å²) in [6.07, 6.45) is 3.36. The minimum atomic E-state index is -3.54. The molecular weight excluding hydrogens is 266 g/mol. The monoisotopic (exact) mass is 285 g/mol. The van der Waals surface area contributed by atoms with Gasteiger partial charge in [-0.3, -0.25) is 4.98 Å². The quantitative estimate of drug-likeness (QED) is 0.781. The van der Waals surface area contributed by atoms with Gasteiger partial charge in [0.25, 0.3) is 0 Å². The molecule has 1 aromatic rings. The van der Waals surface area contributed by atoms with Gasteiger partial charge in [-0.2, -0.15) is 4.31 Å². The van der Waals surface area contributed by atoms with Gasteiger partial charge in [0.05, 0.1) is 12.3 Å². The van der Waals surface area contributed by atoms with E-state index in [1.54, 1.807) is 25.4 Å². The van der Waals surface area contributed by atoms with Gasteiger partial charge >= 0.3 is 0 Å². The fourth-order valence-corrected chi connectivity index (χ4v) is 3.84. The number of rotatable bonds is 7. The number of sulfonamides is 1. The predicted octanol–water partition coefficient (Wildman–Crippen LogP) is 0.340. The molecule has 0 amide bonds. The van der Waals surface area contributed by atoms with E-state index < -0.39 is 10.0 Å². The fraction of sp³-hybridized carbons (Fsp3) is 0.583. The molecule has 7 heteroatoms. The molecule has 0 atom stereocenters. The summed E-state index contributed by atoms with van der Waals surface area (Å²) in [5, 5.41) is 0. The van der Waals surface area contributed by atoms with Crippen LogP contribution in [0.2, 0.25) is 0 Å². The summed E-state index contributed by atoms with van der Waals surface area (Å²) in [6, 6.07) is 3.27. The van der Waals surface area contributed by atoms with E-state index in [0.29, 0.717) is 18.8 Å². The van der Waals surface area contributed by atoms with Crippen molar-refractivity contribution in [1.29, 1.82) is 0 Å². The van der Waals surface area contributed by atoms with Gasteiger partial charge in [0.15, 0.2) is 0 Å². The normalized spacial score (nSPS) is 15.9. The third-order valence-electron chi connectivity index (χ3n) is 3.10. The summed E-state index contributed by atoms with van der Waals surface area (Å²) < 4.78 is 31.8. The van der Waals surface area contributed by atoms with Gasteiger partial charge in [-0.25, -0.2) is 8.42 Å². The lowest BCUT2D eigenvalue weighted by Gasteiger charge is -2.22. The molecule has 1 heterocycles. The van der Waals surface area contributed by atoms with Crippen molar-refractivity contribution >= 4 is 10.0 Å². The lowest BCUT2D eigenvalue weighted by atomic mass is 10.3. The van der Waals surface area contributed by atoms with Gasteiger partial charge in [0.1, 0.15) is 4.90 Å². The van der Waals surface area contributed by atoms with Crippen molar-refractivity contribution in [2.24, 2.45) is 5.73 Å². The van der Waals surface area contributed by atoms with Crippen LogP contribution in [0, 0.1) is 0 Å². The van der Waals surface area contributed by atoms with Gasteiger partial charge < -0.3 is 10.5 Å². The highest BCUT2D eigenvalue weighted by Gasteiger charge is 2.38. The maximum absolute atomic E-state index is 12.7. The number of methoxy groups -OCH3 is 1. The second kappa shape index (κ2) is 5.96. The Balaban J connectivity index is 2.33. The third-order valence-corrected chi connectivity index (χ3v) is 5.12. The average Bonchev–Trinajstić information content (AvgIpc) is 3.23. The van der Waals surface area contributed by atoms with Crippen molar-refractivity contribution in [3.05, 3.63) is 24.0 Å². The van der Waals surface area contributed by atoms with Crippen LogP contribution in [0.15, 0.2) is 23.2 Å². The van der Waals surface area contributed by atoms with E-state index in [4.69, 9.17) is 10.5 Å². The minimum Gasteiger partial charge on any atom is -0.383 e. The zero-order chi connectivity index (χ0) is 13.9. The Morgan fingerprint density at radius 3 is 2.84 bits per heavy atom. The standard InChI is InChI=1S/C12H19N3O3S/c1-18-8-7-15(10-4-5-10)19(16,17)12-3-2-6-14-11(12)9-13/h2-3,6,10H,4-5,7-9,13H2,1H3. The first-order chi connectivity index (χ1) is 9.11. The van der Waals surface area contributed by atoms with Crippen molar-refractivity contribution in [2.45, 2.75) is 30.3 Å². The van der Waals surface area contributed by atoms with Crippen LogP contribution in [0.1, 0.15) is 18.5 Å². The molecule has 0 saturated heterocycles. The van der Waals surface area contributed by atoms with E-state index in [1.807, 2.05) is 0 Å². The summed E-state index contributed by atoms with van der Waals surface area (Å²) >= 11 is 0. The Bertz CT molecular complexity index is 529. The first-order valence-corrected chi connectivity index (χ1v) is 7.70. The number of nitrogens with two attached hydrogens (primary N) is 1. The summed E-state index contributed by atoms with van der Waals surface area (Å²) in [7, 11) is -1.98. The van der Waals surface area contributed by atoms with Crippen molar-refractivity contribution in [3.63, 3.8) is 0 Å². The van der Waals surface area contributed by atoms with Crippen molar-refractivity contribution < 1.29 is 13.2 Å². The lowest BCUT2D eigenvalue weighted by Crippen LogP contribution is -2.36. The van der Waals surface area contributed by atoms with Crippen LogP contribution in [-0.2, 0) is 21.3 Å². The number of hydrogen-bond acceptors (Lipinski definition) is 5. The van der Waals surface area contributed by atoms with Crippen LogP contribution in [0.3, 0.4) is 0 Å². The van der Waals surface area contributed by atoms with E-state index in [-0.39, 0.29) is 17.5 Å². The van der Waals surface area contributed by atoms with Crippen molar-refractivity contribution in [2.75, 3.05) is 20.3 Å². The highest BCUT2D eigenvalue weighted by atomic mass is 32.2. The molecule has 0 unspecified atom stereocenters.